The van der Waals surface area contributed by atoms with Gasteiger partial charge in [-0.05, 0) is 53.7 Å². The van der Waals surface area contributed by atoms with Crippen LogP contribution in [0.4, 0.5) is 0 Å². The lowest BCUT2D eigenvalue weighted by molar-refractivity contribution is 0.335. The summed E-state index contributed by atoms with van der Waals surface area (Å²) in [6.07, 6.45) is 8.45. The van der Waals surface area contributed by atoms with Gasteiger partial charge in [0.2, 0.25) is 0 Å². The molecule has 0 saturated heterocycles. The van der Waals surface area contributed by atoms with Gasteiger partial charge in [-0.3, -0.25) is 0 Å². The molecule has 3 heteroatoms. The van der Waals surface area contributed by atoms with Gasteiger partial charge in [0.25, 0.3) is 0 Å². The van der Waals surface area contributed by atoms with Crippen molar-refractivity contribution in [3.8, 4) is 0 Å². The van der Waals surface area contributed by atoms with Gasteiger partial charge in [0.1, 0.15) is 4.60 Å². The molecule has 0 aliphatic heterocycles. The summed E-state index contributed by atoms with van der Waals surface area (Å²) >= 11 is 3.42. The van der Waals surface area contributed by atoms with Gasteiger partial charge >= 0.3 is 0 Å². The lowest BCUT2D eigenvalue weighted by Gasteiger charge is -2.23. The van der Waals surface area contributed by atoms with Gasteiger partial charge in [-0.2, -0.15) is 0 Å². The van der Waals surface area contributed by atoms with Crippen molar-refractivity contribution in [2.24, 2.45) is 5.92 Å². The van der Waals surface area contributed by atoms with Crippen molar-refractivity contribution in [2.45, 2.75) is 58.0 Å². The molecule has 100 valence electrons. The maximum Gasteiger partial charge on any atom is 0.106 e. The Hall–Kier alpha value is -0.410. The first kappa shape index (κ1) is 14.0. The molecular weight excluding hydrogens is 288 g/mol. The molecule has 18 heavy (non-hydrogen) atoms. The number of aromatic nitrogens is 1. The van der Waals surface area contributed by atoms with Gasteiger partial charge in [0.05, 0.1) is 5.69 Å². The average molecular weight is 311 g/mol. The number of rotatable bonds is 4. The zero-order chi connectivity index (χ0) is 12.8. The summed E-state index contributed by atoms with van der Waals surface area (Å²) in [6, 6.07) is 6.70. The van der Waals surface area contributed by atoms with Crippen LogP contribution in [0.3, 0.4) is 0 Å². The van der Waals surface area contributed by atoms with Crippen LogP contribution < -0.4 is 5.32 Å². The summed E-state index contributed by atoms with van der Waals surface area (Å²) in [5.41, 5.74) is 1.12. The zero-order valence-electron chi connectivity index (χ0n) is 11.2. The minimum atomic E-state index is 0.601. The molecule has 2 nitrogen and oxygen atoms in total. The number of nitrogens with zero attached hydrogens (tertiary/aromatic N) is 1. The van der Waals surface area contributed by atoms with Crippen molar-refractivity contribution in [2.75, 3.05) is 0 Å². The van der Waals surface area contributed by atoms with Crippen LogP contribution in [0.25, 0.3) is 0 Å². The predicted octanol–water partition coefficient (Wildman–Crippen LogP) is 4.29. The van der Waals surface area contributed by atoms with E-state index in [4.69, 9.17) is 0 Å². The van der Waals surface area contributed by atoms with Crippen molar-refractivity contribution >= 4 is 15.9 Å². The van der Waals surface area contributed by atoms with Crippen LogP contribution in [0.15, 0.2) is 22.8 Å². The summed E-state index contributed by atoms with van der Waals surface area (Å²) in [7, 11) is 0. The van der Waals surface area contributed by atoms with E-state index in [2.05, 4.69) is 39.2 Å². The molecule has 1 atom stereocenters. The molecule has 1 heterocycles. The molecule has 1 N–H and O–H groups in total. The lowest BCUT2D eigenvalue weighted by atomic mass is 9.93. The molecule has 0 unspecified atom stereocenters. The lowest BCUT2D eigenvalue weighted by Crippen LogP contribution is -2.33. The largest absolute Gasteiger partial charge is 0.308 e. The quantitative estimate of drug-likeness (QED) is 0.663. The zero-order valence-corrected chi connectivity index (χ0v) is 12.7. The molecule has 2 rings (SSSR count). The number of hydrogen-bond donors (Lipinski definition) is 1. The van der Waals surface area contributed by atoms with Crippen molar-refractivity contribution in [1.82, 2.24) is 10.3 Å². The van der Waals surface area contributed by atoms with Crippen LogP contribution >= 0.6 is 15.9 Å². The van der Waals surface area contributed by atoms with Crippen molar-refractivity contribution in [3.63, 3.8) is 0 Å². The first-order valence-electron chi connectivity index (χ1n) is 7.10. The number of hydrogen-bond acceptors (Lipinski definition) is 2. The SMILES string of the molecule is C[C@@H](NCc1cccc(Br)n1)C1CCCCCC1. The van der Waals surface area contributed by atoms with E-state index >= 15 is 0 Å². The minimum absolute atomic E-state index is 0.601. The van der Waals surface area contributed by atoms with Crippen molar-refractivity contribution in [3.05, 3.63) is 28.5 Å². The molecule has 1 aliphatic carbocycles. The monoisotopic (exact) mass is 310 g/mol. The van der Waals surface area contributed by atoms with Crippen LogP contribution in [-0.2, 0) is 6.54 Å². The van der Waals surface area contributed by atoms with E-state index in [9.17, 15) is 0 Å². The van der Waals surface area contributed by atoms with E-state index in [1.165, 1.54) is 38.5 Å². The second-order valence-electron chi connectivity index (χ2n) is 5.37. The van der Waals surface area contributed by atoms with E-state index in [-0.39, 0.29) is 0 Å². The van der Waals surface area contributed by atoms with Gasteiger partial charge in [0.15, 0.2) is 0 Å². The highest BCUT2D eigenvalue weighted by Gasteiger charge is 2.18. The van der Waals surface area contributed by atoms with Gasteiger partial charge < -0.3 is 5.32 Å². The maximum absolute atomic E-state index is 4.46. The Balaban J connectivity index is 1.81. The van der Waals surface area contributed by atoms with Crippen LogP contribution in [0.5, 0.6) is 0 Å². The van der Waals surface area contributed by atoms with Gasteiger partial charge in [-0.15, -0.1) is 0 Å². The molecular formula is C15H23BrN2. The van der Waals surface area contributed by atoms with Crippen LogP contribution in [0, 0.1) is 5.92 Å². The Bertz CT molecular complexity index is 359. The summed E-state index contributed by atoms with van der Waals surface area (Å²) in [6.45, 7) is 3.20. The predicted molar refractivity (Wildman–Crippen MR) is 79.4 cm³/mol. The molecule has 1 fully saturated rings. The molecule has 0 amide bonds. The van der Waals surface area contributed by atoms with Gasteiger partial charge in [0, 0.05) is 12.6 Å². The first-order valence-corrected chi connectivity index (χ1v) is 7.90. The van der Waals surface area contributed by atoms with Gasteiger partial charge in [-0.1, -0.05) is 31.7 Å². The molecule has 1 aromatic heterocycles. The highest BCUT2D eigenvalue weighted by Crippen LogP contribution is 2.25. The molecule has 1 saturated carbocycles. The van der Waals surface area contributed by atoms with E-state index < -0.39 is 0 Å². The average Bonchev–Trinajstić information content (AvgIpc) is 2.65. The second kappa shape index (κ2) is 7.25. The third kappa shape index (κ3) is 4.36. The first-order chi connectivity index (χ1) is 8.75. The number of halogens is 1. The smallest absolute Gasteiger partial charge is 0.106 e. The molecule has 0 bridgehead atoms. The fraction of sp³-hybridized carbons (Fsp3) is 0.667. The molecule has 1 aromatic rings. The van der Waals surface area contributed by atoms with E-state index in [0.717, 1.165) is 22.8 Å². The highest BCUT2D eigenvalue weighted by molar-refractivity contribution is 9.10. The number of nitrogens with one attached hydrogen (secondary N) is 1. The molecule has 0 radical (unpaired) electrons. The molecule has 0 aromatic carbocycles. The van der Waals surface area contributed by atoms with Crippen molar-refractivity contribution < 1.29 is 0 Å². The third-order valence-electron chi connectivity index (χ3n) is 3.98. The fourth-order valence-electron chi connectivity index (χ4n) is 2.79. The fourth-order valence-corrected chi connectivity index (χ4v) is 3.17. The van der Waals surface area contributed by atoms with E-state index in [0.29, 0.717) is 6.04 Å². The Morgan fingerprint density at radius 3 is 2.67 bits per heavy atom. The van der Waals surface area contributed by atoms with Crippen molar-refractivity contribution in [1.29, 1.82) is 0 Å². The Kier molecular flexibility index (Phi) is 5.64. The number of pyridine rings is 1. The van der Waals surface area contributed by atoms with E-state index in [1.807, 2.05) is 12.1 Å². The Morgan fingerprint density at radius 1 is 1.28 bits per heavy atom. The van der Waals surface area contributed by atoms with Crippen LogP contribution in [0.2, 0.25) is 0 Å². The summed E-state index contributed by atoms with van der Waals surface area (Å²) < 4.78 is 0.920. The van der Waals surface area contributed by atoms with Gasteiger partial charge in [-0.25, -0.2) is 4.98 Å². The Labute approximate surface area is 119 Å². The summed E-state index contributed by atoms with van der Waals surface area (Å²) in [5, 5.41) is 3.64. The standard InChI is InChI=1S/C15H23BrN2/c1-12(13-7-4-2-3-5-8-13)17-11-14-9-6-10-15(16)18-14/h6,9-10,12-13,17H,2-5,7-8,11H2,1H3/t12-/m1/s1. The normalized spacial score (nSPS) is 19.4. The summed E-state index contributed by atoms with van der Waals surface area (Å²) in [5.74, 6) is 0.847. The minimum Gasteiger partial charge on any atom is -0.308 e. The maximum atomic E-state index is 4.46. The van der Waals surface area contributed by atoms with E-state index in [1.54, 1.807) is 0 Å². The summed E-state index contributed by atoms with van der Waals surface area (Å²) in [4.78, 5) is 4.46. The Morgan fingerprint density at radius 2 is 2.00 bits per heavy atom. The second-order valence-corrected chi connectivity index (χ2v) is 6.19. The molecule has 0 spiro atoms. The topological polar surface area (TPSA) is 24.9 Å². The van der Waals surface area contributed by atoms with Crippen LogP contribution in [-0.4, -0.2) is 11.0 Å². The molecule has 1 aliphatic rings. The van der Waals surface area contributed by atoms with Crippen LogP contribution in [0.1, 0.15) is 51.1 Å². The third-order valence-corrected chi connectivity index (χ3v) is 4.43. The highest BCUT2D eigenvalue weighted by atomic mass is 79.9.